The summed E-state index contributed by atoms with van der Waals surface area (Å²) in [4.78, 5) is 11.6. The van der Waals surface area contributed by atoms with Crippen molar-refractivity contribution in [2.24, 2.45) is 0 Å². The third kappa shape index (κ3) is 3.65. The molecule has 1 N–H and O–H groups in total. The maximum Gasteiger partial charge on any atom is 0.181 e. The van der Waals surface area contributed by atoms with Crippen molar-refractivity contribution < 1.29 is 0 Å². The lowest BCUT2D eigenvalue weighted by Crippen LogP contribution is -2.29. The Morgan fingerprint density at radius 2 is 2.12 bits per heavy atom. The van der Waals surface area contributed by atoms with Gasteiger partial charge in [-0.1, -0.05) is 6.42 Å². The number of thioether (sulfide) groups is 1. The Hall–Kier alpha value is -1.64. The minimum absolute atomic E-state index is 0.786. The van der Waals surface area contributed by atoms with E-state index < -0.39 is 0 Å². The number of piperidine rings is 1. The highest BCUT2D eigenvalue weighted by atomic mass is 32.2. The van der Waals surface area contributed by atoms with E-state index in [-0.39, 0.29) is 0 Å². The van der Waals surface area contributed by atoms with Crippen LogP contribution in [0.1, 0.15) is 30.7 Å². The second-order valence-corrected chi connectivity index (χ2v) is 8.00. The standard InChI is InChI=1S/C17H22N6S2/c1-12-10-23-15(24-2)9-18-17(23)16(19-12)20-14-8-13(21-25-14)11-22-6-4-3-5-7-22/h8-10H,3-7,11H2,1-2H3,(H,19,20). The first-order valence-corrected chi connectivity index (χ1v) is 10.6. The van der Waals surface area contributed by atoms with Gasteiger partial charge in [0.05, 0.1) is 22.6 Å². The van der Waals surface area contributed by atoms with Gasteiger partial charge in [0.25, 0.3) is 0 Å². The molecule has 0 spiro atoms. The highest BCUT2D eigenvalue weighted by molar-refractivity contribution is 7.98. The lowest BCUT2D eigenvalue weighted by molar-refractivity contribution is 0.219. The van der Waals surface area contributed by atoms with Crippen LogP contribution in [-0.2, 0) is 6.54 Å². The molecule has 4 heterocycles. The van der Waals surface area contributed by atoms with Gasteiger partial charge >= 0.3 is 0 Å². The van der Waals surface area contributed by atoms with Crippen LogP contribution in [0, 0.1) is 6.92 Å². The normalized spacial score (nSPS) is 15.8. The number of hydrogen-bond donors (Lipinski definition) is 1. The summed E-state index contributed by atoms with van der Waals surface area (Å²) in [5, 5.41) is 5.54. The van der Waals surface area contributed by atoms with Crippen molar-refractivity contribution >= 4 is 39.8 Å². The van der Waals surface area contributed by atoms with Crippen molar-refractivity contribution in [3.05, 3.63) is 29.8 Å². The first-order valence-electron chi connectivity index (χ1n) is 8.56. The molecule has 3 aromatic rings. The summed E-state index contributed by atoms with van der Waals surface area (Å²) in [6, 6.07) is 2.14. The molecule has 1 aliphatic rings. The van der Waals surface area contributed by atoms with Crippen molar-refractivity contribution in [3.8, 4) is 0 Å². The van der Waals surface area contributed by atoms with Crippen LogP contribution in [0.25, 0.3) is 5.65 Å². The number of fused-ring (bicyclic) bond motifs is 1. The van der Waals surface area contributed by atoms with Crippen LogP contribution in [-0.4, -0.2) is 43.0 Å². The van der Waals surface area contributed by atoms with Crippen LogP contribution in [0.5, 0.6) is 0 Å². The van der Waals surface area contributed by atoms with Crippen LogP contribution in [0.2, 0.25) is 0 Å². The van der Waals surface area contributed by atoms with E-state index >= 15 is 0 Å². The average Bonchev–Trinajstić information content (AvgIpc) is 3.22. The average molecular weight is 375 g/mol. The molecule has 0 atom stereocenters. The first kappa shape index (κ1) is 16.8. The van der Waals surface area contributed by atoms with Crippen molar-refractivity contribution in [2.45, 2.75) is 37.8 Å². The number of hydrogen-bond acceptors (Lipinski definition) is 7. The molecule has 0 amide bonds. The molecule has 132 valence electrons. The molecule has 0 aromatic carbocycles. The summed E-state index contributed by atoms with van der Waals surface area (Å²) in [5.41, 5.74) is 2.94. The maximum absolute atomic E-state index is 4.63. The van der Waals surface area contributed by atoms with Gasteiger partial charge in [0.2, 0.25) is 0 Å². The summed E-state index contributed by atoms with van der Waals surface area (Å²) in [5.74, 6) is 0.786. The zero-order valence-electron chi connectivity index (χ0n) is 14.5. The van der Waals surface area contributed by atoms with E-state index in [1.54, 1.807) is 11.8 Å². The lowest BCUT2D eigenvalue weighted by Gasteiger charge is -2.25. The van der Waals surface area contributed by atoms with E-state index in [2.05, 4.69) is 41.3 Å². The second-order valence-electron chi connectivity index (χ2n) is 6.37. The van der Waals surface area contributed by atoms with Gasteiger partial charge in [-0.2, -0.15) is 4.37 Å². The summed E-state index contributed by atoms with van der Waals surface area (Å²) < 4.78 is 6.70. The summed E-state index contributed by atoms with van der Waals surface area (Å²) in [6.45, 7) is 5.32. The quantitative estimate of drug-likeness (QED) is 0.683. The Morgan fingerprint density at radius 3 is 2.92 bits per heavy atom. The van der Waals surface area contributed by atoms with Crippen LogP contribution in [0.3, 0.4) is 0 Å². The van der Waals surface area contributed by atoms with Crippen LogP contribution in [0.4, 0.5) is 10.8 Å². The number of nitrogens with zero attached hydrogens (tertiary/aromatic N) is 5. The predicted molar refractivity (Wildman–Crippen MR) is 104 cm³/mol. The van der Waals surface area contributed by atoms with E-state index in [1.807, 2.05) is 19.3 Å². The minimum Gasteiger partial charge on any atom is -0.328 e. The second kappa shape index (κ2) is 7.31. The van der Waals surface area contributed by atoms with Crippen LogP contribution >= 0.6 is 23.3 Å². The Kier molecular flexibility index (Phi) is 4.91. The molecular weight excluding hydrogens is 352 g/mol. The van der Waals surface area contributed by atoms with Gasteiger partial charge in [0.15, 0.2) is 11.5 Å². The largest absolute Gasteiger partial charge is 0.328 e. The third-order valence-corrected chi connectivity index (χ3v) is 5.89. The molecule has 0 bridgehead atoms. The zero-order chi connectivity index (χ0) is 17.2. The summed E-state index contributed by atoms with van der Waals surface area (Å²) in [6.07, 6.45) is 9.94. The topological polar surface area (TPSA) is 58.4 Å². The molecule has 1 fully saturated rings. The van der Waals surface area contributed by atoms with Gasteiger partial charge in [-0.3, -0.25) is 9.30 Å². The Labute approximate surface area is 155 Å². The number of anilines is 2. The van der Waals surface area contributed by atoms with Crippen molar-refractivity contribution in [3.63, 3.8) is 0 Å². The van der Waals surface area contributed by atoms with E-state index in [0.717, 1.165) is 39.4 Å². The summed E-state index contributed by atoms with van der Waals surface area (Å²) >= 11 is 3.17. The molecule has 6 nitrogen and oxygen atoms in total. The van der Waals surface area contributed by atoms with E-state index in [0.29, 0.717) is 0 Å². The van der Waals surface area contributed by atoms with E-state index in [1.165, 1.54) is 43.9 Å². The minimum atomic E-state index is 0.786. The highest BCUT2D eigenvalue weighted by Gasteiger charge is 2.14. The van der Waals surface area contributed by atoms with Gasteiger partial charge < -0.3 is 5.32 Å². The van der Waals surface area contributed by atoms with E-state index in [4.69, 9.17) is 0 Å². The molecular formula is C17H22N6S2. The maximum atomic E-state index is 4.63. The van der Waals surface area contributed by atoms with Crippen LogP contribution in [0.15, 0.2) is 23.5 Å². The molecule has 0 radical (unpaired) electrons. The fraction of sp³-hybridized carbons (Fsp3) is 0.471. The molecule has 25 heavy (non-hydrogen) atoms. The fourth-order valence-corrected chi connectivity index (χ4v) is 4.38. The Bertz CT molecular complexity index is 865. The third-order valence-electron chi connectivity index (χ3n) is 4.42. The Balaban J connectivity index is 1.54. The van der Waals surface area contributed by atoms with Gasteiger partial charge in [-0.05, 0) is 56.7 Å². The number of aryl methyl sites for hydroxylation is 1. The molecule has 8 heteroatoms. The van der Waals surface area contributed by atoms with Gasteiger partial charge in [0.1, 0.15) is 5.00 Å². The molecule has 0 saturated carbocycles. The van der Waals surface area contributed by atoms with Crippen LogP contribution < -0.4 is 5.32 Å². The highest BCUT2D eigenvalue weighted by Crippen LogP contribution is 2.27. The van der Waals surface area contributed by atoms with Crippen molar-refractivity contribution in [1.29, 1.82) is 0 Å². The van der Waals surface area contributed by atoms with Gasteiger partial charge in [-0.15, -0.1) is 11.8 Å². The number of imidazole rings is 1. The zero-order valence-corrected chi connectivity index (χ0v) is 16.2. The van der Waals surface area contributed by atoms with E-state index in [9.17, 15) is 0 Å². The molecule has 0 unspecified atom stereocenters. The molecule has 0 aliphatic carbocycles. The number of rotatable bonds is 5. The predicted octanol–water partition coefficient (Wildman–Crippen LogP) is 3.95. The monoisotopic (exact) mass is 374 g/mol. The molecule has 4 rings (SSSR count). The number of aromatic nitrogens is 4. The fourth-order valence-electron chi connectivity index (χ4n) is 3.23. The smallest absolute Gasteiger partial charge is 0.181 e. The van der Waals surface area contributed by atoms with Crippen molar-refractivity contribution in [2.75, 3.05) is 24.7 Å². The Morgan fingerprint density at radius 1 is 1.28 bits per heavy atom. The first-order chi connectivity index (χ1) is 12.2. The van der Waals surface area contributed by atoms with Gasteiger partial charge in [0, 0.05) is 12.7 Å². The summed E-state index contributed by atoms with van der Waals surface area (Å²) in [7, 11) is 0. The molecule has 3 aromatic heterocycles. The SMILES string of the molecule is CSc1cnc2c(Nc3cc(CN4CCCCC4)ns3)nc(C)cn12. The molecule has 1 aliphatic heterocycles. The number of nitrogens with one attached hydrogen (secondary N) is 1. The number of likely N-dealkylation sites (tertiary alicyclic amines) is 1. The van der Waals surface area contributed by atoms with Crippen molar-refractivity contribution in [1.82, 2.24) is 23.6 Å². The lowest BCUT2D eigenvalue weighted by atomic mass is 10.1. The molecule has 1 saturated heterocycles. The van der Waals surface area contributed by atoms with Gasteiger partial charge in [-0.25, -0.2) is 9.97 Å².